The second-order valence-corrected chi connectivity index (χ2v) is 5.67. The Bertz CT molecular complexity index is 310. The zero-order valence-electron chi connectivity index (χ0n) is 8.43. The van der Waals surface area contributed by atoms with Gasteiger partial charge in [-0.2, -0.15) is 0 Å². The van der Waals surface area contributed by atoms with Crippen LogP contribution in [0.4, 0.5) is 0 Å². The van der Waals surface area contributed by atoms with Crippen LogP contribution in [0.15, 0.2) is 27.1 Å². The topological polar surface area (TPSA) is 26.0 Å². The van der Waals surface area contributed by atoms with Crippen LogP contribution >= 0.6 is 31.9 Å². The number of hydrogen-bond donors (Lipinski definition) is 1. The molecule has 1 nitrogen and oxygen atoms in total. The van der Waals surface area contributed by atoms with Gasteiger partial charge < -0.3 is 5.73 Å². The number of hydrogen-bond acceptors (Lipinski definition) is 1. The van der Waals surface area contributed by atoms with E-state index in [0.717, 1.165) is 15.4 Å². The molecule has 0 radical (unpaired) electrons. The molecule has 78 valence electrons. The smallest absolute Gasteiger partial charge is 0.0308 e. The molecule has 0 heterocycles. The van der Waals surface area contributed by atoms with Gasteiger partial charge in [0.05, 0.1) is 0 Å². The molecule has 0 unspecified atom stereocenters. The quantitative estimate of drug-likeness (QED) is 0.884. The van der Waals surface area contributed by atoms with Crippen LogP contribution in [0.2, 0.25) is 0 Å². The third-order valence-corrected chi connectivity index (χ3v) is 3.30. The average Bonchev–Trinajstić information content (AvgIpc) is 2.08. The standard InChI is InChI=1S/C11H15Br2N/c1-7(2)5-11(14)9-6-8(12)3-4-10(9)13/h3-4,6-7,11H,5,14H2,1-2H3/t11-/m1/s1. The molecule has 1 atom stereocenters. The molecule has 3 heteroatoms. The third kappa shape index (κ3) is 3.37. The monoisotopic (exact) mass is 319 g/mol. The number of benzene rings is 1. The van der Waals surface area contributed by atoms with Crippen molar-refractivity contribution in [3.63, 3.8) is 0 Å². The van der Waals surface area contributed by atoms with Gasteiger partial charge in [0.2, 0.25) is 0 Å². The summed E-state index contributed by atoms with van der Waals surface area (Å²) < 4.78 is 2.17. The second-order valence-electron chi connectivity index (χ2n) is 3.90. The van der Waals surface area contributed by atoms with Gasteiger partial charge in [-0.05, 0) is 36.1 Å². The second kappa shape index (κ2) is 5.29. The summed E-state index contributed by atoms with van der Waals surface area (Å²) in [7, 11) is 0. The van der Waals surface area contributed by atoms with Crippen LogP contribution < -0.4 is 5.73 Å². The number of rotatable bonds is 3. The van der Waals surface area contributed by atoms with E-state index in [-0.39, 0.29) is 6.04 Å². The molecule has 0 fully saturated rings. The van der Waals surface area contributed by atoms with Crippen molar-refractivity contribution in [3.8, 4) is 0 Å². The predicted molar refractivity (Wildman–Crippen MR) is 68.2 cm³/mol. The maximum atomic E-state index is 6.11. The van der Waals surface area contributed by atoms with E-state index in [1.165, 1.54) is 5.56 Å². The molecular weight excluding hydrogens is 306 g/mol. The summed E-state index contributed by atoms with van der Waals surface area (Å²) >= 11 is 6.97. The Morgan fingerprint density at radius 1 is 1.29 bits per heavy atom. The van der Waals surface area contributed by atoms with Crippen molar-refractivity contribution in [2.75, 3.05) is 0 Å². The highest BCUT2D eigenvalue weighted by Crippen LogP contribution is 2.28. The van der Waals surface area contributed by atoms with Gasteiger partial charge in [-0.15, -0.1) is 0 Å². The molecule has 14 heavy (non-hydrogen) atoms. The molecule has 0 aliphatic rings. The first-order chi connectivity index (χ1) is 6.50. The van der Waals surface area contributed by atoms with Crippen LogP contribution in [0.3, 0.4) is 0 Å². The van der Waals surface area contributed by atoms with Gasteiger partial charge >= 0.3 is 0 Å². The SMILES string of the molecule is CC(C)C[C@@H](N)c1cc(Br)ccc1Br. The molecule has 0 aliphatic heterocycles. The summed E-state index contributed by atoms with van der Waals surface area (Å²) in [5.74, 6) is 0.621. The molecular formula is C11H15Br2N. The van der Waals surface area contributed by atoms with E-state index in [1.54, 1.807) is 0 Å². The van der Waals surface area contributed by atoms with Gasteiger partial charge in [0.25, 0.3) is 0 Å². The van der Waals surface area contributed by atoms with Gasteiger partial charge in [0.1, 0.15) is 0 Å². The van der Waals surface area contributed by atoms with Gasteiger partial charge in [0, 0.05) is 15.0 Å². The lowest BCUT2D eigenvalue weighted by Crippen LogP contribution is -2.13. The van der Waals surface area contributed by atoms with Gasteiger partial charge in [-0.3, -0.25) is 0 Å². The van der Waals surface area contributed by atoms with Crippen molar-refractivity contribution in [1.29, 1.82) is 0 Å². The molecule has 0 saturated carbocycles. The first-order valence-corrected chi connectivity index (χ1v) is 6.30. The van der Waals surface area contributed by atoms with Crippen LogP contribution in [0, 0.1) is 5.92 Å². The summed E-state index contributed by atoms with van der Waals surface area (Å²) in [6.07, 6.45) is 1.01. The van der Waals surface area contributed by atoms with E-state index in [1.807, 2.05) is 12.1 Å². The van der Waals surface area contributed by atoms with Crippen LogP contribution in [0.1, 0.15) is 31.9 Å². The summed E-state index contributed by atoms with van der Waals surface area (Å²) in [6, 6.07) is 6.23. The van der Waals surface area contributed by atoms with E-state index in [0.29, 0.717) is 5.92 Å². The van der Waals surface area contributed by atoms with Crippen LogP contribution in [-0.4, -0.2) is 0 Å². The molecule has 0 aliphatic carbocycles. The maximum Gasteiger partial charge on any atom is 0.0308 e. The maximum absolute atomic E-state index is 6.11. The molecule has 0 saturated heterocycles. The zero-order valence-corrected chi connectivity index (χ0v) is 11.6. The van der Waals surface area contributed by atoms with Crippen molar-refractivity contribution in [3.05, 3.63) is 32.7 Å². The van der Waals surface area contributed by atoms with E-state index >= 15 is 0 Å². The lowest BCUT2D eigenvalue weighted by Gasteiger charge is -2.16. The fourth-order valence-electron chi connectivity index (χ4n) is 1.43. The highest BCUT2D eigenvalue weighted by atomic mass is 79.9. The fraction of sp³-hybridized carbons (Fsp3) is 0.455. The largest absolute Gasteiger partial charge is 0.324 e. The minimum absolute atomic E-state index is 0.113. The van der Waals surface area contributed by atoms with Crippen LogP contribution in [-0.2, 0) is 0 Å². The predicted octanol–water partition coefficient (Wildman–Crippen LogP) is 4.26. The Morgan fingerprint density at radius 2 is 1.93 bits per heavy atom. The Labute approximate surface area is 102 Å². The highest BCUT2D eigenvalue weighted by Gasteiger charge is 2.11. The summed E-state index contributed by atoms with van der Waals surface area (Å²) in [5.41, 5.74) is 7.29. The van der Waals surface area contributed by atoms with E-state index in [4.69, 9.17) is 5.73 Å². The fourth-order valence-corrected chi connectivity index (χ4v) is 2.35. The van der Waals surface area contributed by atoms with Crippen molar-refractivity contribution < 1.29 is 0 Å². The zero-order chi connectivity index (χ0) is 10.7. The first kappa shape index (κ1) is 12.2. The van der Waals surface area contributed by atoms with Crippen LogP contribution in [0.5, 0.6) is 0 Å². The normalized spacial score (nSPS) is 13.3. The first-order valence-electron chi connectivity index (χ1n) is 4.71. The Hall–Kier alpha value is 0.140. The average molecular weight is 321 g/mol. The van der Waals surface area contributed by atoms with Crippen molar-refractivity contribution >= 4 is 31.9 Å². The molecule has 1 aromatic carbocycles. The van der Waals surface area contributed by atoms with Crippen molar-refractivity contribution in [2.24, 2.45) is 11.7 Å². The van der Waals surface area contributed by atoms with Gasteiger partial charge in [0.15, 0.2) is 0 Å². The van der Waals surface area contributed by atoms with Gasteiger partial charge in [-0.25, -0.2) is 0 Å². The molecule has 0 bridgehead atoms. The Kier molecular flexibility index (Phi) is 4.61. The summed E-state index contributed by atoms with van der Waals surface area (Å²) in [4.78, 5) is 0. The number of nitrogens with two attached hydrogens (primary N) is 1. The molecule has 1 aromatic rings. The Morgan fingerprint density at radius 3 is 2.50 bits per heavy atom. The molecule has 0 aromatic heterocycles. The third-order valence-electron chi connectivity index (χ3n) is 2.08. The summed E-state index contributed by atoms with van der Waals surface area (Å²) in [6.45, 7) is 4.37. The van der Waals surface area contributed by atoms with Gasteiger partial charge in [-0.1, -0.05) is 45.7 Å². The van der Waals surface area contributed by atoms with Crippen molar-refractivity contribution in [1.82, 2.24) is 0 Å². The Balaban J connectivity index is 2.88. The van der Waals surface area contributed by atoms with Crippen LogP contribution in [0.25, 0.3) is 0 Å². The van der Waals surface area contributed by atoms with E-state index in [9.17, 15) is 0 Å². The van der Waals surface area contributed by atoms with E-state index < -0.39 is 0 Å². The van der Waals surface area contributed by atoms with E-state index in [2.05, 4.69) is 51.8 Å². The minimum Gasteiger partial charge on any atom is -0.324 e. The molecule has 0 amide bonds. The highest BCUT2D eigenvalue weighted by molar-refractivity contribution is 9.11. The molecule has 1 rings (SSSR count). The summed E-state index contributed by atoms with van der Waals surface area (Å²) in [5, 5.41) is 0. The molecule has 2 N–H and O–H groups in total. The molecule has 0 spiro atoms. The van der Waals surface area contributed by atoms with Crippen molar-refractivity contribution in [2.45, 2.75) is 26.3 Å². The lowest BCUT2D eigenvalue weighted by molar-refractivity contribution is 0.509. The lowest BCUT2D eigenvalue weighted by atomic mass is 9.98. The number of halogens is 2. The minimum atomic E-state index is 0.113.